The Morgan fingerprint density at radius 2 is 1.59 bits per heavy atom. The number of amides is 2. The van der Waals surface area contributed by atoms with E-state index in [2.05, 4.69) is 4.90 Å². The Balaban J connectivity index is 1.24. The lowest BCUT2D eigenvalue weighted by atomic mass is 9.98. The molecule has 9 heteroatoms. The first-order valence-electron chi connectivity index (χ1n) is 14.0. The van der Waals surface area contributed by atoms with E-state index in [4.69, 9.17) is 14.7 Å². The summed E-state index contributed by atoms with van der Waals surface area (Å²) >= 11 is 0. The molecular formula is C32H33N5O4. The van der Waals surface area contributed by atoms with E-state index >= 15 is 0 Å². The number of hydrogen-bond acceptors (Lipinski definition) is 7. The molecule has 3 aliphatic heterocycles. The van der Waals surface area contributed by atoms with E-state index in [0.29, 0.717) is 63.7 Å². The van der Waals surface area contributed by atoms with Crippen molar-refractivity contribution in [2.24, 2.45) is 4.99 Å². The number of aliphatic imine (C=N–C) groups is 1. The molecule has 2 aromatic carbocycles. The van der Waals surface area contributed by atoms with Crippen molar-refractivity contribution in [2.45, 2.75) is 6.54 Å². The minimum atomic E-state index is -0.0910. The Bertz CT molecular complexity index is 1470. The Morgan fingerprint density at radius 3 is 2.32 bits per heavy atom. The van der Waals surface area contributed by atoms with Crippen LogP contribution in [0.2, 0.25) is 0 Å². The smallest absolute Gasteiger partial charge is 0.254 e. The van der Waals surface area contributed by atoms with Gasteiger partial charge in [0.1, 0.15) is 5.75 Å². The molecular weight excluding hydrogens is 518 g/mol. The number of fused-ring (bicyclic) bond motifs is 1. The highest BCUT2D eigenvalue weighted by molar-refractivity contribution is 6.18. The Labute approximate surface area is 239 Å². The SMILES string of the molecule is O=C(CN1CCOCC1)N1CCN(C(=O)c2cc(-c3ccc(O)cc3)nc3c2C(/C=C/c2ccccc2)=NC3)CC1. The molecule has 0 aliphatic carbocycles. The van der Waals surface area contributed by atoms with E-state index in [0.717, 1.165) is 41.2 Å². The zero-order chi connectivity index (χ0) is 28.2. The van der Waals surface area contributed by atoms with Crippen LogP contribution in [0, 0.1) is 0 Å². The summed E-state index contributed by atoms with van der Waals surface area (Å²) < 4.78 is 5.39. The molecule has 9 nitrogen and oxygen atoms in total. The number of aromatic nitrogens is 1. The molecule has 0 bridgehead atoms. The highest BCUT2D eigenvalue weighted by Gasteiger charge is 2.31. The number of phenols is 1. The maximum absolute atomic E-state index is 14.1. The van der Waals surface area contributed by atoms with Gasteiger partial charge < -0.3 is 19.6 Å². The predicted molar refractivity (Wildman–Crippen MR) is 157 cm³/mol. The minimum Gasteiger partial charge on any atom is -0.508 e. The second-order valence-corrected chi connectivity index (χ2v) is 10.4. The predicted octanol–water partition coefficient (Wildman–Crippen LogP) is 3.09. The summed E-state index contributed by atoms with van der Waals surface area (Å²) in [6, 6.07) is 18.6. The monoisotopic (exact) mass is 551 g/mol. The number of nitrogens with zero attached hydrogens (tertiary/aromatic N) is 5. The molecule has 0 saturated carbocycles. The number of rotatable bonds is 6. The average Bonchev–Trinajstić information content (AvgIpc) is 3.43. The number of morpholine rings is 1. The van der Waals surface area contributed by atoms with Gasteiger partial charge in [0.15, 0.2) is 0 Å². The zero-order valence-electron chi connectivity index (χ0n) is 22.9. The average molecular weight is 552 g/mol. The Kier molecular flexibility index (Phi) is 7.89. The number of pyridine rings is 1. The first-order valence-corrected chi connectivity index (χ1v) is 14.0. The van der Waals surface area contributed by atoms with Gasteiger partial charge in [-0.1, -0.05) is 36.4 Å². The molecule has 0 spiro atoms. The van der Waals surface area contributed by atoms with Crippen LogP contribution >= 0.6 is 0 Å². The van der Waals surface area contributed by atoms with Crippen LogP contribution in [0.15, 0.2) is 71.7 Å². The number of benzene rings is 2. The van der Waals surface area contributed by atoms with Gasteiger partial charge in [0.2, 0.25) is 5.91 Å². The first-order chi connectivity index (χ1) is 20.0. The van der Waals surface area contributed by atoms with E-state index in [1.54, 1.807) is 24.3 Å². The number of carbonyl (C=O) groups excluding carboxylic acids is 2. The van der Waals surface area contributed by atoms with Gasteiger partial charge in [-0.25, -0.2) is 0 Å². The van der Waals surface area contributed by atoms with E-state index in [1.165, 1.54) is 0 Å². The lowest BCUT2D eigenvalue weighted by Crippen LogP contribution is -2.53. The van der Waals surface area contributed by atoms with Crippen molar-refractivity contribution in [3.8, 4) is 17.0 Å². The topological polar surface area (TPSA) is 98.6 Å². The van der Waals surface area contributed by atoms with Gasteiger partial charge in [-0.05, 0) is 42.0 Å². The number of piperazine rings is 1. The summed E-state index contributed by atoms with van der Waals surface area (Å²) in [5.74, 6) is 0.175. The molecule has 2 fully saturated rings. The van der Waals surface area contributed by atoms with Crippen LogP contribution in [0.5, 0.6) is 5.75 Å². The summed E-state index contributed by atoms with van der Waals surface area (Å²) in [5, 5.41) is 9.77. The molecule has 0 atom stereocenters. The van der Waals surface area contributed by atoms with Crippen molar-refractivity contribution in [2.75, 3.05) is 59.0 Å². The van der Waals surface area contributed by atoms with E-state index < -0.39 is 0 Å². The number of carbonyl (C=O) groups is 2. The van der Waals surface area contributed by atoms with Gasteiger partial charge in [0, 0.05) is 50.4 Å². The van der Waals surface area contributed by atoms with Crippen molar-refractivity contribution in [3.05, 3.63) is 89.1 Å². The Hall–Kier alpha value is -4.34. The molecule has 0 unspecified atom stereocenters. The van der Waals surface area contributed by atoms with Crippen LogP contribution in [0.1, 0.15) is 27.2 Å². The van der Waals surface area contributed by atoms with Gasteiger partial charge in [0.25, 0.3) is 5.91 Å². The third kappa shape index (κ3) is 6.06. The van der Waals surface area contributed by atoms with E-state index in [9.17, 15) is 14.7 Å². The normalized spacial score (nSPS) is 17.5. The number of aromatic hydroxyl groups is 1. The molecule has 1 aromatic heterocycles. The van der Waals surface area contributed by atoms with Crippen LogP contribution in [0.25, 0.3) is 17.3 Å². The van der Waals surface area contributed by atoms with Crippen molar-refractivity contribution in [1.82, 2.24) is 19.7 Å². The number of allylic oxidation sites excluding steroid dienone is 1. The molecule has 3 aromatic rings. The molecule has 3 aliphatic rings. The lowest BCUT2D eigenvalue weighted by Gasteiger charge is -2.36. The van der Waals surface area contributed by atoms with Gasteiger partial charge in [0.05, 0.1) is 49.0 Å². The molecule has 0 radical (unpaired) electrons. The fraction of sp³-hybridized carbons (Fsp3) is 0.312. The maximum atomic E-state index is 14.1. The first kappa shape index (κ1) is 26.9. The number of ether oxygens (including phenoxy) is 1. The zero-order valence-corrected chi connectivity index (χ0v) is 22.9. The van der Waals surface area contributed by atoms with Crippen molar-refractivity contribution < 1.29 is 19.4 Å². The summed E-state index contributed by atoms with van der Waals surface area (Å²) in [6.45, 7) is 5.56. The molecule has 1 N–H and O–H groups in total. The minimum absolute atomic E-state index is 0.0910. The van der Waals surface area contributed by atoms with Crippen molar-refractivity contribution in [1.29, 1.82) is 0 Å². The van der Waals surface area contributed by atoms with Crippen LogP contribution in [0.3, 0.4) is 0 Å². The van der Waals surface area contributed by atoms with Gasteiger partial charge in [-0.2, -0.15) is 0 Å². The lowest BCUT2D eigenvalue weighted by molar-refractivity contribution is -0.134. The summed E-state index contributed by atoms with van der Waals surface area (Å²) in [6.07, 6.45) is 3.94. The summed E-state index contributed by atoms with van der Waals surface area (Å²) in [7, 11) is 0. The standard InChI is InChI=1S/C32H33N5O4/c38-25-9-7-24(8-10-25)28-20-26(31-27(33-21-29(31)34-28)11-6-23-4-2-1-3-5-23)32(40)37-14-12-36(13-15-37)30(39)22-35-16-18-41-19-17-35/h1-11,20,38H,12-19,21-22H2/b11-6+. The van der Waals surface area contributed by atoms with Gasteiger partial charge in [-0.15, -0.1) is 0 Å². The Morgan fingerprint density at radius 1 is 0.878 bits per heavy atom. The van der Waals surface area contributed by atoms with Crippen molar-refractivity contribution in [3.63, 3.8) is 0 Å². The maximum Gasteiger partial charge on any atom is 0.254 e. The highest BCUT2D eigenvalue weighted by Crippen LogP contribution is 2.30. The van der Waals surface area contributed by atoms with Crippen LogP contribution in [-0.2, 0) is 16.1 Å². The largest absolute Gasteiger partial charge is 0.508 e. The summed E-state index contributed by atoms with van der Waals surface area (Å²) in [4.78, 5) is 42.4. The molecule has 2 saturated heterocycles. The highest BCUT2D eigenvalue weighted by atomic mass is 16.5. The molecule has 210 valence electrons. The van der Waals surface area contributed by atoms with Gasteiger partial charge >= 0.3 is 0 Å². The second kappa shape index (κ2) is 12.0. The fourth-order valence-corrected chi connectivity index (χ4v) is 5.44. The van der Waals surface area contributed by atoms with Crippen molar-refractivity contribution >= 4 is 23.6 Å². The third-order valence-electron chi connectivity index (χ3n) is 7.76. The van der Waals surface area contributed by atoms with Crippen LogP contribution in [-0.4, -0.2) is 101 Å². The van der Waals surface area contributed by atoms with Crippen LogP contribution < -0.4 is 0 Å². The molecule has 41 heavy (non-hydrogen) atoms. The summed E-state index contributed by atoms with van der Waals surface area (Å²) in [5.41, 5.74) is 5.32. The molecule has 4 heterocycles. The second-order valence-electron chi connectivity index (χ2n) is 10.4. The molecule has 6 rings (SSSR count). The van der Waals surface area contributed by atoms with E-state index in [-0.39, 0.29) is 17.6 Å². The number of hydrogen-bond donors (Lipinski definition) is 1. The van der Waals surface area contributed by atoms with E-state index in [1.807, 2.05) is 58.4 Å². The third-order valence-corrected chi connectivity index (χ3v) is 7.76. The van der Waals surface area contributed by atoms with Crippen LogP contribution in [0.4, 0.5) is 0 Å². The number of phenolic OH excluding ortho intramolecular Hbond substituents is 1. The fourth-order valence-electron chi connectivity index (χ4n) is 5.44. The quantitative estimate of drug-likeness (QED) is 0.506. The van der Waals surface area contributed by atoms with Gasteiger partial charge in [-0.3, -0.25) is 24.5 Å². The molecule has 2 amide bonds.